The van der Waals surface area contributed by atoms with Crippen molar-refractivity contribution in [1.82, 2.24) is 4.90 Å². The molecule has 18 heavy (non-hydrogen) atoms. The number of aliphatic hydroxyl groups is 1. The van der Waals surface area contributed by atoms with Gasteiger partial charge in [0.2, 0.25) is 0 Å². The normalized spacial score (nSPS) is 36.8. The Morgan fingerprint density at radius 2 is 2.06 bits per heavy atom. The molecule has 0 radical (unpaired) electrons. The summed E-state index contributed by atoms with van der Waals surface area (Å²) >= 11 is 0. The van der Waals surface area contributed by atoms with Crippen LogP contribution in [0.2, 0.25) is 0 Å². The Morgan fingerprint density at radius 3 is 2.72 bits per heavy atom. The van der Waals surface area contributed by atoms with Gasteiger partial charge in [-0.05, 0) is 38.5 Å². The molecular weight excluding hydrogens is 226 g/mol. The van der Waals surface area contributed by atoms with Crippen LogP contribution >= 0.6 is 0 Å². The Hall–Kier alpha value is -0.120. The van der Waals surface area contributed by atoms with Gasteiger partial charge in [0, 0.05) is 19.1 Å². The quantitative estimate of drug-likeness (QED) is 0.840. The fraction of sp³-hybridized carbons (Fsp3) is 1.00. The molecule has 0 aromatic heterocycles. The third-order valence-corrected chi connectivity index (χ3v) is 4.70. The van der Waals surface area contributed by atoms with Crippen molar-refractivity contribution in [1.29, 1.82) is 0 Å². The molecule has 2 aliphatic rings. The molecular formula is C15H29NO2. The van der Waals surface area contributed by atoms with Gasteiger partial charge in [-0.2, -0.15) is 0 Å². The van der Waals surface area contributed by atoms with E-state index in [1.807, 2.05) is 0 Å². The molecule has 2 rings (SSSR count). The fourth-order valence-electron chi connectivity index (χ4n) is 3.47. The molecule has 3 heteroatoms. The van der Waals surface area contributed by atoms with Crippen molar-refractivity contribution in [3.8, 4) is 0 Å². The number of hydrogen-bond donors (Lipinski definition) is 1. The first-order valence-electron chi connectivity index (χ1n) is 7.61. The molecule has 1 aliphatic carbocycles. The van der Waals surface area contributed by atoms with Gasteiger partial charge in [0.25, 0.3) is 0 Å². The van der Waals surface area contributed by atoms with Crippen LogP contribution in [0.15, 0.2) is 0 Å². The Labute approximate surface area is 112 Å². The van der Waals surface area contributed by atoms with Crippen molar-refractivity contribution < 1.29 is 9.84 Å². The highest BCUT2D eigenvalue weighted by atomic mass is 16.5. The molecule has 4 unspecified atom stereocenters. The first-order chi connectivity index (χ1) is 8.58. The van der Waals surface area contributed by atoms with E-state index in [2.05, 4.69) is 25.7 Å². The van der Waals surface area contributed by atoms with Crippen molar-refractivity contribution in [3.05, 3.63) is 0 Å². The van der Waals surface area contributed by atoms with E-state index in [9.17, 15) is 5.11 Å². The Bertz CT molecular complexity index is 257. The van der Waals surface area contributed by atoms with Gasteiger partial charge in [0.05, 0.1) is 18.8 Å². The second kappa shape index (κ2) is 6.36. The average Bonchev–Trinajstić information content (AvgIpc) is 2.38. The molecule has 1 saturated heterocycles. The SMILES string of the molecule is CC1CCCC(C(O)C2CN(C(C)C)CCO2)C1. The van der Waals surface area contributed by atoms with Gasteiger partial charge in [-0.25, -0.2) is 0 Å². The van der Waals surface area contributed by atoms with Crippen molar-refractivity contribution in [2.24, 2.45) is 11.8 Å². The van der Waals surface area contributed by atoms with Crippen molar-refractivity contribution in [2.75, 3.05) is 19.7 Å². The van der Waals surface area contributed by atoms with E-state index in [1.165, 1.54) is 25.7 Å². The lowest BCUT2D eigenvalue weighted by molar-refractivity contribution is -0.116. The zero-order valence-corrected chi connectivity index (χ0v) is 12.1. The zero-order valence-electron chi connectivity index (χ0n) is 12.1. The summed E-state index contributed by atoms with van der Waals surface area (Å²) < 4.78 is 5.82. The third-order valence-electron chi connectivity index (χ3n) is 4.70. The molecule has 0 spiro atoms. The third kappa shape index (κ3) is 3.46. The molecule has 2 fully saturated rings. The predicted octanol–water partition coefficient (Wildman–Crippen LogP) is 2.28. The molecule has 1 aliphatic heterocycles. The summed E-state index contributed by atoms with van der Waals surface area (Å²) in [7, 11) is 0. The first kappa shape index (κ1) is 14.3. The monoisotopic (exact) mass is 255 g/mol. The van der Waals surface area contributed by atoms with E-state index in [4.69, 9.17) is 4.74 Å². The molecule has 106 valence electrons. The van der Waals surface area contributed by atoms with Gasteiger partial charge in [-0.15, -0.1) is 0 Å². The molecule has 0 aromatic carbocycles. The summed E-state index contributed by atoms with van der Waals surface area (Å²) in [6.07, 6.45) is 4.69. The number of aliphatic hydroxyl groups excluding tert-OH is 1. The summed E-state index contributed by atoms with van der Waals surface area (Å²) in [4.78, 5) is 2.42. The van der Waals surface area contributed by atoms with Crippen molar-refractivity contribution in [3.63, 3.8) is 0 Å². The lowest BCUT2D eigenvalue weighted by atomic mass is 9.78. The maximum Gasteiger partial charge on any atom is 0.0963 e. The van der Waals surface area contributed by atoms with E-state index in [-0.39, 0.29) is 12.2 Å². The van der Waals surface area contributed by atoms with Crippen LogP contribution in [-0.2, 0) is 4.74 Å². The number of hydrogen-bond acceptors (Lipinski definition) is 3. The Balaban J connectivity index is 1.89. The fourth-order valence-corrected chi connectivity index (χ4v) is 3.47. The Morgan fingerprint density at radius 1 is 1.28 bits per heavy atom. The van der Waals surface area contributed by atoms with Crippen LogP contribution in [0.1, 0.15) is 46.5 Å². The molecule has 1 heterocycles. The highest BCUT2D eigenvalue weighted by molar-refractivity contribution is 4.86. The zero-order chi connectivity index (χ0) is 13.1. The minimum Gasteiger partial charge on any atom is -0.390 e. The molecule has 0 aromatic rings. The summed E-state index contributed by atoms with van der Waals surface area (Å²) in [5, 5.41) is 10.6. The van der Waals surface area contributed by atoms with Crippen molar-refractivity contribution >= 4 is 0 Å². The minimum absolute atomic E-state index is 0.0245. The lowest BCUT2D eigenvalue weighted by Gasteiger charge is -2.41. The van der Waals surface area contributed by atoms with Gasteiger partial charge in [-0.1, -0.05) is 19.8 Å². The second-order valence-corrected chi connectivity index (χ2v) is 6.52. The van der Waals surface area contributed by atoms with Gasteiger partial charge in [-0.3, -0.25) is 4.90 Å². The van der Waals surface area contributed by atoms with Crippen molar-refractivity contribution in [2.45, 2.75) is 64.7 Å². The van der Waals surface area contributed by atoms with Crippen LogP contribution < -0.4 is 0 Å². The maximum absolute atomic E-state index is 10.6. The van der Waals surface area contributed by atoms with Crippen LogP contribution in [0.3, 0.4) is 0 Å². The largest absolute Gasteiger partial charge is 0.390 e. The standard InChI is InChI=1S/C15H29NO2/c1-11(2)16-7-8-18-14(10-16)15(17)13-6-4-5-12(3)9-13/h11-15,17H,4-10H2,1-3H3. The van der Waals surface area contributed by atoms with E-state index < -0.39 is 0 Å². The van der Waals surface area contributed by atoms with Crippen LogP contribution in [-0.4, -0.2) is 48.0 Å². The molecule has 0 bridgehead atoms. The van der Waals surface area contributed by atoms with E-state index in [1.54, 1.807) is 0 Å². The van der Waals surface area contributed by atoms with Gasteiger partial charge >= 0.3 is 0 Å². The van der Waals surface area contributed by atoms with Crippen LogP contribution in [0.5, 0.6) is 0 Å². The summed E-state index contributed by atoms with van der Waals surface area (Å²) in [5.41, 5.74) is 0. The number of rotatable bonds is 3. The summed E-state index contributed by atoms with van der Waals surface area (Å²) in [6.45, 7) is 9.41. The van der Waals surface area contributed by atoms with E-state index in [0.29, 0.717) is 12.0 Å². The molecule has 4 atom stereocenters. The van der Waals surface area contributed by atoms with Gasteiger partial charge in [0.1, 0.15) is 0 Å². The molecule has 3 nitrogen and oxygen atoms in total. The minimum atomic E-state index is -0.269. The summed E-state index contributed by atoms with van der Waals surface area (Å²) in [5.74, 6) is 1.22. The summed E-state index contributed by atoms with van der Waals surface area (Å²) in [6, 6.07) is 0.550. The van der Waals surface area contributed by atoms with E-state index in [0.717, 1.165) is 25.6 Å². The highest BCUT2D eigenvalue weighted by Crippen LogP contribution is 2.33. The second-order valence-electron chi connectivity index (χ2n) is 6.52. The molecule has 0 amide bonds. The lowest BCUT2D eigenvalue weighted by Crippen LogP contribution is -2.52. The number of ether oxygens (including phenoxy) is 1. The van der Waals surface area contributed by atoms with Crippen LogP contribution in [0, 0.1) is 11.8 Å². The number of morpholine rings is 1. The van der Waals surface area contributed by atoms with Crippen LogP contribution in [0.25, 0.3) is 0 Å². The van der Waals surface area contributed by atoms with Gasteiger partial charge < -0.3 is 9.84 Å². The smallest absolute Gasteiger partial charge is 0.0963 e. The van der Waals surface area contributed by atoms with E-state index >= 15 is 0 Å². The maximum atomic E-state index is 10.6. The molecule has 1 N–H and O–H groups in total. The first-order valence-corrected chi connectivity index (χ1v) is 7.61. The predicted molar refractivity (Wildman–Crippen MR) is 73.6 cm³/mol. The molecule has 1 saturated carbocycles. The Kier molecular flexibility index (Phi) is 5.05. The van der Waals surface area contributed by atoms with Crippen LogP contribution in [0.4, 0.5) is 0 Å². The topological polar surface area (TPSA) is 32.7 Å². The number of nitrogens with zero attached hydrogens (tertiary/aromatic N) is 1. The van der Waals surface area contributed by atoms with Gasteiger partial charge in [0.15, 0.2) is 0 Å². The highest BCUT2D eigenvalue weighted by Gasteiger charge is 2.34. The average molecular weight is 255 g/mol.